The van der Waals surface area contributed by atoms with Gasteiger partial charge in [-0.25, -0.2) is 8.42 Å². The van der Waals surface area contributed by atoms with Crippen LogP contribution in [-0.4, -0.2) is 33.2 Å². The average molecular weight is 318 g/mol. The Bertz CT molecular complexity index is 630. The van der Waals surface area contributed by atoms with E-state index < -0.39 is 20.5 Å². The molecule has 1 fully saturated rings. The van der Waals surface area contributed by atoms with Gasteiger partial charge in [-0.15, -0.1) is 0 Å². The second-order valence-corrected chi connectivity index (χ2v) is 6.95. The van der Waals surface area contributed by atoms with Crippen molar-refractivity contribution >= 4 is 21.4 Å². The van der Waals surface area contributed by atoms with E-state index in [0.717, 1.165) is 25.2 Å². The normalized spacial score (nSPS) is 17.3. The molecule has 1 aliphatic rings. The molecule has 0 spiro atoms. The standard InChI is InChI=1S/C13H16F2N2O3S/c1-8(9-6-16-7-9)12(18)17-10-3-2-4-11(5-10)21(19,20)13(14)15/h2-5,8-9,13,16H,6-7H2,1H3,(H,17,18). The van der Waals surface area contributed by atoms with E-state index in [1.54, 1.807) is 6.92 Å². The molecule has 116 valence electrons. The second kappa shape index (κ2) is 6.07. The fraction of sp³-hybridized carbons (Fsp3) is 0.462. The molecule has 1 unspecified atom stereocenters. The van der Waals surface area contributed by atoms with Gasteiger partial charge in [-0.3, -0.25) is 4.79 Å². The van der Waals surface area contributed by atoms with Gasteiger partial charge in [0, 0.05) is 11.6 Å². The van der Waals surface area contributed by atoms with Gasteiger partial charge in [0.05, 0.1) is 4.90 Å². The van der Waals surface area contributed by atoms with Gasteiger partial charge >= 0.3 is 5.76 Å². The molecule has 1 amide bonds. The summed E-state index contributed by atoms with van der Waals surface area (Å²) < 4.78 is 47.8. The Morgan fingerprint density at radius 2 is 2.05 bits per heavy atom. The third-order valence-corrected chi connectivity index (χ3v) is 4.98. The van der Waals surface area contributed by atoms with Crippen LogP contribution in [-0.2, 0) is 14.6 Å². The number of nitrogens with one attached hydrogen (secondary N) is 2. The number of anilines is 1. The minimum atomic E-state index is -4.66. The van der Waals surface area contributed by atoms with Crippen LogP contribution in [0.15, 0.2) is 29.2 Å². The van der Waals surface area contributed by atoms with Crippen LogP contribution in [0, 0.1) is 11.8 Å². The van der Waals surface area contributed by atoms with Crippen LogP contribution < -0.4 is 10.6 Å². The van der Waals surface area contributed by atoms with Crippen molar-refractivity contribution < 1.29 is 22.0 Å². The molecule has 0 aliphatic carbocycles. The molecule has 21 heavy (non-hydrogen) atoms. The summed E-state index contributed by atoms with van der Waals surface area (Å²) in [5.41, 5.74) is 0.195. The maximum Gasteiger partial charge on any atom is 0.341 e. The summed E-state index contributed by atoms with van der Waals surface area (Å²) in [6, 6.07) is 4.91. The molecular weight excluding hydrogens is 302 g/mol. The molecule has 1 aliphatic heterocycles. The maximum atomic E-state index is 12.5. The van der Waals surface area contributed by atoms with Gasteiger partial charge in [0.1, 0.15) is 0 Å². The average Bonchev–Trinajstić information content (AvgIpc) is 2.36. The van der Waals surface area contributed by atoms with E-state index >= 15 is 0 Å². The molecule has 2 N–H and O–H groups in total. The molecule has 8 heteroatoms. The second-order valence-electron chi connectivity index (χ2n) is 5.03. The van der Waals surface area contributed by atoms with Gasteiger partial charge in [0.25, 0.3) is 0 Å². The van der Waals surface area contributed by atoms with Gasteiger partial charge in [0.2, 0.25) is 15.7 Å². The first kappa shape index (κ1) is 15.8. The summed E-state index contributed by atoms with van der Waals surface area (Å²) in [5.74, 6) is -3.74. The molecule has 0 saturated carbocycles. The van der Waals surface area contributed by atoms with Gasteiger partial charge in [-0.2, -0.15) is 8.78 Å². The Hall–Kier alpha value is -1.54. The maximum absolute atomic E-state index is 12.5. The zero-order chi connectivity index (χ0) is 15.6. The Balaban J connectivity index is 2.13. The molecule has 2 rings (SSSR count). The molecule has 1 atom stereocenters. The Morgan fingerprint density at radius 3 is 2.57 bits per heavy atom. The van der Waals surface area contributed by atoms with Crippen LogP contribution in [0.5, 0.6) is 0 Å². The highest BCUT2D eigenvalue weighted by molar-refractivity contribution is 7.91. The first-order valence-electron chi connectivity index (χ1n) is 6.46. The lowest BCUT2D eigenvalue weighted by Gasteiger charge is -2.31. The number of alkyl halides is 2. The highest BCUT2D eigenvalue weighted by Gasteiger charge is 2.29. The summed E-state index contributed by atoms with van der Waals surface area (Å²) in [5, 5.41) is 5.63. The van der Waals surface area contributed by atoms with Crippen LogP contribution in [0.4, 0.5) is 14.5 Å². The lowest BCUT2D eigenvalue weighted by Crippen LogP contribution is -2.48. The first-order valence-corrected chi connectivity index (χ1v) is 8.00. The van der Waals surface area contributed by atoms with Crippen molar-refractivity contribution in [1.29, 1.82) is 0 Å². The molecule has 5 nitrogen and oxygen atoms in total. The Labute approximate surface area is 121 Å². The van der Waals surface area contributed by atoms with Crippen LogP contribution in [0.1, 0.15) is 6.92 Å². The van der Waals surface area contributed by atoms with Crippen molar-refractivity contribution in [2.45, 2.75) is 17.6 Å². The number of benzene rings is 1. The van der Waals surface area contributed by atoms with Crippen molar-refractivity contribution in [3.63, 3.8) is 0 Å². The Kier molecular flexibility index (Phi) is 4.58. The fourth-order valence-corrected chi connectivity index (χ4v) is 2.75. The highest BCUT2D eigenvalue weighted by atomic mass is 32.2. The topological polar surface area (TPSA) is 75.3 Å². The van der Waals surface area contributed by atoms with Crippen LogP contribution in [0.3, 0.4) is 0 Å². The number of hydrogen-bond acceptors (Lipinski definition) is 4. The fourth-order valence-electron chi connectivity index (χ4n) is 1.99. The number of carbonyl (C=O) groups excluding carboxylic acids is 1. The summed E-state index contributed by atoms with van der Waals surface area (Å²) in [6.07, 6.45) is 0. The monoisotopic (exact) mass is 318 g/mol. The van der Waals surface area contributed by atoms with E-state index in [4.69, 9.17) is 0 Å². The predicted molar refractivity (Wildman–Crippen MR) is 73.8 cm³/mol. The molecule has 1 heterocycles. The van der Waals surface area contributed by atoms with Crippen molar-refractivity contribution in [2.24, 2.45) is 11.8 Å². The summed E-state index contributed by atoms with van der Waals surface area (Å²) in [4.78, 5) is 11.5. The van der Waals surface area contributed by atoms with Gasteiger partial charge < -0.3 is 10.6 Å². The van der Waals surface area contributed by atoms with E-state index in [2.05, 4.69) is 10.6 Å². The lowest BCUT2D eigenvalue weighted by atomic mass is 9.88. The third-order valence-electron chi connectivity index (χ3n) is 3.60. The minimum absolute atomic E-state index is 0.195. The van der Waals surface area contributed by atoms with E-state index in [-0.39, 0.29) is 23.4 Å². The minimum Gasteiger partial charge on any atom is -0.326 e. The van der Waals surface area contributed by atoms with Crippen LogP contribution in [0.2, 0.25) is 0 Å². The van der Waals surface area contributed by atoms with Crippen molar-refractivity contribution in [3.8, 4) is 0 Å². The van der Waals surface area contributed by atoms with Crippen molar-refractivity contribution in [1.82, 2.24) is 5.32 Å². The van der Waals surface area contributed by atoms with Crippen molar-refractivity contribution in [3.05, 3.63) is 24.3 Å². The summed E-state index contributed by atoms with van der Waals surface area (Å²) in [6.45, 7) is 3.30. The number of rotatable bonds is 5. The summed E-state index contributed by atoms with van der Waals surface area (Å²) >= 11 is 0. The van der Waals surface area contributed by atoms with E-state index in [1.807, 2.05) is 0 Å². The van der Waals surface area contributed by atoms with E-state index in [9.17, 15) is 22.0 Å². The number of halogens is 2. The molecule has 0 aromatic heterocycles. The molecule has 1 aromatic rings. The van der Waals surface area contributed by atoms with E-state index in [0.29, 0.717) is 0 Å². The number of amides is 1. The number of carbonyl (C=O) groups is 1. The molecule has 0 radical (unpaired) electrons. The molecule has 1 aromatic carbocycles. The van der Waals surface area contributed by atoms with Gasteiger partial charge in [-0.05, 0) is 37.2 Å². The molecule has 1 saturated heterocycles. The number of sulfone groups is 1. The largest absolute Gasteiger partial charge is 0.341 e. The first-order chi connectivity index (χ1) is 9.82. The molecular formula is C13H16F2N2O3S. The van der Waals surface area contributed by atoms with Gasteiger partial charge in [0.15, 0.2) is 0 Å². The van der Waals surface area contributed by atoms with Crippen LogP contribution >= 0.6 is 0 Å². The van der Waals surface area contributed by atoms with E-state index in [1.165, 1.54) is 12.1 Å². The van der Waals surface area contributed by atoms with Crippen LogP contribution in [0.25, 0.3) is 0 Å². The zero-order valence-corrected chi connectivity index (χ0v) is 12.2. The predicted octanol–water partition coefficient (Wildman–Crippen LogP) is 1.48. The Morgan fingerprint density at radius 1 is 1.38 bits per heavy atom. The molecule has 0 bridgehead atoms. The third kappa shape index (κ3) is 3.38. The quantitative estimate of drug-likeness (QED) is 0.862. The SMILES string of the molecule is CC(C(=O)Nc1cccc(S(=O)(=O)C(F)F)c1)C1CNC1. The highest BCUT2D eigenvalue weighted by Crippen LogP contribution is 2.23. The smallest absolute Gasteiger partial charge is 0.326 e. The summed E-state index contributed by atoms with van der Waals surface area (Å²) in [7, 11) is -4.66. The lowest BCUT2D eigenvalue weighted by molar-refractivity contribution is -0.121. The number of hydrogen-bond donors (Lipinski definition) is 2. The van der Waals surface area contributed by atoms with Gasteiger partial charge in [-0.1, -0.05) is 13.0 Å². The zero-order valence-electron chi connectivity index (χ0n) is 11.3. The van der Waals surface area contributed by atoms with Crippen molar-refractivity contribution in [2.75, 3.05) is 18.4 Å².